The number of primary sulfonamides is 1. The molecule has 466 valence electrons. The lowest BCUT2D eigenvalue weighted by Crippen LogP contribution is -2.30. The van der Waals surface area contributed by atoms with Crippen LogP contribution in [-0.4, -0.2) is 144 Å². The normalized spacial score (nSPS) is 16.0. The maximum Gasteiger partial charge on any atom is 0.295 e. The van der Waals surface area contributed by atoms with Gasteiger partial charge in [0, 0.05) is 90.4 Å². The SMILES string of the molecule is CN(CCCC(=O)NCc1ccc(C(=O)Nc2nnc(S(N)(=O)=O)s2)cc1)S(=O)(=O)c1cccc2c3c(ccc12)N(CCCS(=O)(=O)O)C(=CC=CC=CC1=[N+](CCCS(=O)(=O)O)c2ccc4c(S(=O)(=O)O)cc(S(=O)(=O)O)cc4c2C1(C)C)C3(C)C. The Morgan fingerprint density at radius 3 is 2.00 bits per heavy atom. The Bertz CT molecular complexity index is 4640. The Kier molecular flexibility index (Phi) is 18.8. The van der Waals surface area contributed by atoms with Crippen molar-refractivity contribution in [2.24, 2.45) is 5.14 Å². The molecular formula is C54H61N8O18S7+. The van der Waals surface area contributed by atoms with Gasteiger partial charge in [-0.05, 0) is 97.1 Å². The van der Waals surface area contributed by atoms with Crippen molar-refractivity contribution in [1.82, 2.24) is 19.8 Å². The van der Waals surface area contributed by atoms with Crippen LogP contribution in [0.3, 0.4) is 0 Å². The van der Waals surface area contributed by atoms with E-state index in [-0.39, 0.29) is 84.1 Å². The second-order valence-corrected chi connectivity index (χ2v) is 32.2. The summed E-state index contributed by atoms with van der Waals surface area (Å²) in [6.45, 7) is 7.50. The molecule has 0 radical (unpaired) electrons. The van der Waals surface area contributed by atoms with Crippen LogP contribution < -0.4 is 20.7 Å². The molecule has 0 aliphatic carbocycles. The van der Waals surface area contributed by atoms with Gasteiger partial charge in [0.15, 0.2) is 5.71 Å². The molecule has 6 aromatic rings. The van der Waals surface area contributed by atoms with Crippen LogP contribution in [0.15, 0.2) is 134 Å². The Morgan fingerprint density at radius 1 is 0.713 bits per heavy atom. The van der Waals surface area contributed by atoms with Crippen LogP contribution in [-0.2, 0) is 82.7 Å². The molecule has 2 amide bonds. The maximum absolute atomic E-state index is 14.4. The molecule has 0 bridgehead atoms. The first kappa shape index (κ1) is 66.2. The van der Waals surface area contributed by atoms with Crippen molar-refractivity contribution in [2.75, 3.05) is 48.4 Å². The average molecular weight is 1330 g/mol. The topological polar surface area (TPSA) is 405 Å². The number of aromatic nitrogens is 2. The van der Waals surface area contributed by atoms with Gasteiger partial charge in [-0.3, -0.25) is 33.1 Å². The summed E-state index contributed by atoms with van der Waals surface area (Å²) in [4.78, 5) is 25.9. The average Bonchev–Trinajstić information content (AvgIpc) is 1.62. The summed E-state index contributed by atoms with van der Waals surface area (Å²) in [5.41, 5.74) is 2.18. The van der Waals surface area contributed by atoms with Crippen LogP contribution >= 0.6 is 11.3 Å². The molecule has 87 heavy (non-hydrogen) atoms. The molecule has 26 nitrogen and oxygen atoms in total. The van der Waals surface area contributed by atoms with Gasteiger partial charge in [0.1, 0.15) is 11.4 Å². The molecule has 0 saturated heterocycles. The van der Waals surface area contributed by atoms with Gasteiger partial charge in [0.25, 0.3) is 56.4 Å². The number of allylic oxidation sites excluding steroid dienone is 6. The van der Waals surface area contributed by atoms with Crippen molar-refractivity contribution in [1.29, 1.82) is 0 Å². The molecule has 5 aromatic carbocycles. The summed E-state index contributed by atoms with van der Waals surface area (Å²) in [5.74, 6) is -2.13. The first-order valence-electron chi connectivity index (χ1n) is 26.3. The molecule has 2 aliphatic rings. The second-order valence-electron chi connectivity index (χ2n) is 21.5. The smallest absolute Gasteiger partial charge is 0.295 e. The number of nitrogens with zero attached hydrogens (tertiary/aromatic N) is 5. The van der Waals surface area contributed by atoms with E-state index in [0.717, 1.165) is 10.4 Å². The fraction of sp³-hybridized carbons (Fsp3) is 0.315. The predicted octanol–water partition coefficient (Wildman–Crippen LogP) is 5.68. The van der Waals surface area contributed by atoms with E-state index in [0.29, 0.717) is 67.6 Å². The maximum atomic E-state index is 14.4. The number of fused-ring (bicyclic) bond motifs is 6. The van der Waals surface area contributed by atoms with Crippen LogP contribution in [0.25, 0.3) is 21.5 Å². The van der Waals surface area contributed by atoms with E-state index in [1.807, 2.05) is 18.7 Å². The second kappa shape index (κ2) is 24.7. The zero-order valence-electron chi connectivity index (χ0n) is 47.1. The van der Waals surface area contributed by atoms with Crippen LogP contribution in [0.1, 0.15) is 80.4 Å². The number of nitrogens with two attached hydrogens (primary N) is 1. The fourth-order valence-corrected chi connectivity index (χ4v) is 15.9. The fourth-order valence-electron chi connectivity index (χ4n) is 10.8. The zero-order chi connectivity index (χ0) is 64.0. The minimum Gasteiger partial charge on any atom is -0.352 e. The van der Waals surface area contributed by atoms with E-state index in [4.69, 9.17) is 5.14 Å². The van der Waals surface area contributed by atoms with Crippen molar-refractivity contribution >= 4 is 127 Å². The third-order valence-electron chi connectivity index (χ3n) is 14.8. The Morgan fingerprint density at radius 2 is 1.37 bits per heavy atom. The quantitative estimate of drug-likeness (QED) is 0.0166. The molecule has 1 aromatic heterocycles. The zero-order valence-corrected chi connectivity index (χ0v) is 52.9. The third-order valence-corrected chi connectivity index (χ3v) is 22.2. The number of amides is 2. The third kappa shape index (κ3) is 14.7. The lowest BCUT2D eigenvalue weighted by Gasteiger charge is -2.27. The Labute approximate surface area is 507 Å². The number of carbonyl (C=O) groups is 2. The molecule has 2 aliphatic heterocycles. The van der Waals surface area contributed by atoms with E-state index in [1.165, 1.54) is 37.4 Å². The molecule has 33 heteroatoms. The van der Waals surface area contributed by atoms with Gasteiger partial charge in [0.05, 0.1) is 26.7 Å². The molecule has 0 saturated carbocycles. The van der Waals surface area contributed by atoms with E-state index in [2.05, 4.69) is 20.8 Å². The van der Waals surface area contributed by atoms with Crippen molar-refractivity contribution in [2.45, 2.75) is 89.8 Å². The summed E-state index contributed by atoms with van der Waals surface area (Å²) in [5, 5.41) is 18.2. The highest BCUT2D eigenvalue weighted by molar-refractivity contribution is 7.91. The van der Waals surface area contributed by atoms with E-state index in [9.17, 15) is 78.3 Å². The molecule has 8 rings (SSSR count). The van der Waals surface area contributed by atoms with Gasteiger partial charge >= 0.3 is 0 Å². The molecule has 8 N–H and O–H groups in total. The number of rotatable bonds is 24. The Hall–Kier alpha value is -6.73. The van der Waals surface area contributed by atoms with Gasteiger partial charge < -0.3 is 10.2 Å². The predicted molar refractivity (Wildman–Crippen MR) is 326 cm³/mol. The minimum atomic E-state index is -5.05. The molecule has 0 atom stereocenters. The lowest BCUT2D eigenvalue weighted by atomic mass is 9.79. The molecular weight excluding hydrogens is 1270 g/mol. The van der Waals surface area contributed by atoms with Gasteiger partial charge in [-0.1, -0.05) is 73.7 Å². The largest absolute Gasteiger partial charge is 0.352 e. The first-order valence-corrected chi connectivity index (χ1v) is 36.2. The lowest BCUT2D eigenvalue weighted by molar-refractivity contribution is -0.437. The monoisotopic (exact) mass is 1330 g/mol. The van der Waals surface area contributed by atoms with Crippen molar-refractivity contribution in [3.8, 4) is 0 Å². The number of hydrogen-bond donors (Lipinski definition) is 7. The van der Waals surface area contributed by atoms with E-state index < -0.39 is 103 Å². The van der Waals surface area contributed by atoms with Crippen molar-refractivity contribution in [3.63, 3.8) is 0 Å². The summed E-state index contributed by atoms with van der Waals surface area (Å²) < 4.78 is 191. The summed E-state index contributed by atoms with van der Waals surface area (Å²) in [6.07, 6.45) is 8.56. The molecule has 0 fully saturated rings. The van der Waals surface area contributed by atoms with Crippen LogP contribution in [0, 0.1) is 0 Å². The summed E-state index contributed by atoms with van der Waals surface area (Å²) in [6, 6.07) is 19.1. The van der Waals surface area contributed by atoms with Crippen molar-refractivity contribution < 1.29 is 82.9 Å². The number of nitrogens with one attached hydrogen (secondary N) is 2. The number of benzene rings is 5. The van der Waals surface area contributed by atoms with Gasteiger partial charge in [-0.25, -0.2) is 26.3 Å². The van der Waals surface area contributed by atoms with Gasteiger partial charge in [0.2, 0.25) is 31.1 Å². The summed E-state index contributed by atoms with van der Waals surface area (Å²) in [7, 11) is -25.7. The molecule has 3 heterocycles. The van der Waals surface area contributed by atoms with E-state index in [1.54, 1.807) is 85.2 Å². The highest BCUT2D eigenvalue weighted by Gasteiger charge is 2.47. The highest BCUT2D eigenvalue weighted by Crippen LogP contribution is 2.52. The van der Waals surface area contributed by atoms with Gasteiger partial charge in [-0.2, -0.15) is 38.2 Å². The summed E-state index contributed by atoms with van der Waals surface area (Å²) >= 11 is 0.587. The van der Waals surface area contributed by atoms with Crippen LogP contribution in [0.5, 0.6) is 0 Å². The number of sulfonamides is 2. The highest BCUT2D eigenvalue weighted by atomic mass is 32.3. The van der Waals surface area contributed by atoms with Crippen LogP contribution in [0.2, 0.25) is 0 Å². The Balaban J connectivity index is 1.02. The number of carbonyl (C=O) groups excluding carboxylic acids is 2. The number of hydrogen-bond acceptors (Lipinski definition) is 18. The molecule has 0 unspecified atom stereocenters. The number of anilines is 2. The van der Waals surface area contributed by atoms with Crippen LogP contribution in [0.4, 0.5) is 16.5 Å². The standard InChI is InChI=1S/C54H60N8O18S7/c1-53(2)45(15-7-6-8-16-46-54(3,4)49-40-31-36(86(75,76)77)32-44(87(78,79)80)38(40)23-25-42(49)62(46)28-12-30-83(68,69)70)61(27-11-29-82(65,66)67)41-24-22-37-39(48(41)53)13-9-14-43(37)85(73,74)60(5)26-10-17-47(63)56-33-34-18-20-35(21-19-34)50(64)57-51-58-59-52(81-51)84(55,71)72/h6-9,13-16,18-25,31-32H,10-12,17,26-30,33H2,1-5H3,(H7-,55,56,57,58,63,64,65,66,67,68,69,70,71,72,75,76,77,78,79,80)/p+1. The van der Waals surface area contributed by atoms with Gasteiger partial charge in [-0.15, -0.1) is 10.2 Å². The van der Waals surface area contributed by atoms with Crippen molar-refractivity contribution in [3.05, 3.63) is 137 Å². The molecule has 0 spiro atoms. The first-order chi connectivity index (χ1) is 40.3. The minimum absolute atomic E-state index is 0.00470. The van der Waals surface area contributed by atoms with E-state index >= 15 is 0 Å².